The van der Waals surface area contributed by atoms with Gasteiger partial charge in [0.25, 0.3) is 0 Å². The summed E-state index contributed by atoms with van der Waals surface area (Å²) in [7, 11) is 3.21. The van der Waals surface area contributed by atoms with Gasteiger partial charge in [0, 0.05) is 14.2 Å². The van der Waals surface area contributed by atoms with Crippen molar-refractivity contribution < 1.29 is 14.6 Å². The Bertz CT molecular complexity index is 335. The van der Waals surface area contributed by atoms with Crippen LogP contribution in [-0.2, 0) is 18.4 Å². The summed E-state index contributed by atoms with van der Waals surface area (Å²) in [5, 5.41) is 12.5. The van der Waals surface area contributed by atoms with Crippen molar-refractivity contribution in [1.82, 2.24) is 9.78 Å². The molecule has 1 rings (SSSR count). The first-order chi connectivity index (χ1) is 6.07. The van der Waals surface area contributed by atoms with Crippen molar-refractivity contribution in [2.75, 3.05) is 7.11 Å². The predicted molar refractivity (Wildman–Crippen MR) is 48.6 cm³/mol. The molecule has 1 heterocycles. The maximum atomic E-state index is 10.6. The van der Waals surface area contributed by atoms with Crippen LogP contribution in [0.15, 0.2) is 4.47 Å². The van der Waals surface area contributed by atoms with Crippen molar-refractivity contribution in [2.45, 2.75) is 6.61 Å². The maximum Gasteiger partial charge on any atom is 0.357 e. The number of ether oxygens (including phenoxy) is 1. The number of carboxylic acid groups (broad SMARTS) is 1. The zero-order valence-corrected chi connectivity index (χ0v) is 8.83. The SMILES string of the molecule is COCc1c(Br)c(C(=O)O)nn1C. The minimum absolute atomic E-state index is 0.00884. The molecule has 0 atom stereocenters. The first kappa shape index (κ1) is 10.2. The lowest BCUT2D eigenvalue weighted by Gasteiger charge is -1.99. The van der Waals surface area contributed by atoms with E-state index in [2.05, 4.69) is 21.0 Å². The summed E-state index contributed by atoms with van der Waals surface area (Å²) in [6.45, 7) is 0.331. The second kappa shape index (κ2) is 3.89. The molecule has 0 aliphatic rings. The molecule has 0 aromatic carbocycles. The highest BCUT2D eigenvalue weighted by Crippen LogP contribution is 2.21. The van der Waals surface area contributed by atoms with Crippen LogP contribution in [0.1, 0.15) is 16.2 Å². The minimum atomic E-state index is -1.05. The Hall–Kier alpha value is -0.880. The first-order valence-corrected chi connectivity index (χ1v) is 4.30. The number of aromatic carboxylic acids is 1. The van der Waals surface area contributed by atoms with Crippen LogP contribution in [-0.4, -0.2) is 28.0 Å². The van der Waals surface area contributed by atoms with Crippen LogP contribution in [0.4, 0.5) is 0 Å². The Balaban J connectivity index is 3.14. The molecule has 72 valence electrons. The smallest absolute Gasteiger partial charge is 0.357 e. The third kappa shape index (κ3) is 1.89. The van der Waals surface area contributed by atoms with E-state index in [9.17, 15) is 4.79 Å². The Morgan fingerprint density at radius 2 is 2.38 bits per heavy atom. The van der Waals surface area contributed by atoms with Crippen molar-refractivity contribution in [3.8, 4) is 0 Å². The van der Waals surface area contributed by atoms with Crippen LogP contribution < -0.4 is 0 Å². The monoisotopic (exact) mass is 248 g/mol. The Labute approximate surface area is 83.4 Å². The summed E-state index contributed by atoms with van der Waals surface area (Å²) in [4.78, 5) is 10.6. The van der Waals surface area contributed by atoms with Gasteiger partial charge in [-0.1, -0.05) is 0 Å². The molecule has 0 bridgehead atoms. The second-order valence-electron chi connectivity index (χ2n) is 2.47. The average Bonchev–Trinajstić information content (AvgIpc) is 2.32. The summed E-state index contributed by atoms with van der Waals surface area (Å²) in [5.41, 5.74) is 0.717. The molecule has 0 fully saturated rings. The van der Waals surface area contributed by atoms with Crippen LogP contribution in [0.3, 0.4) is 0 Å². The van der Waals surface area contributed by atoms with E-state index in [0.717, 1.165) is 0 Å². The van der Waals surface area contributed by atoms with Gasteiger partial charge in [0.2, 0.25) is 0 Å². The molecule has 1 aromatic rings. The molecule has 0 spiro atoms. The molecule has 6 heteroatoms. The molecule has 0 unspecified atom stereocenters. The number of nitrogens with zero attached hydrogens (tertiary/aromatic N) is 2. The standard InChI is InChI=1S/C7H9BrN2O3/c1-10-4(3-13-2)5(8)6(9-10)7(11)12/h3H2,1-2H3,(H,11,12). The molecular formula is C7H9BrN2O3. The third-order valence-corrected chi connectivity index (χ3v) is 2.42. The van der Waals surface area contributed by atoms with E-state index in [1.54, 1.807) is 14.2 Å². The molecule has 0 saturated heterocycles. The van der Waals surface area contributed by atoms with Gasteiger partial charge in [0.15, 0.2) is 5.69 Å². The van der Waals surface area contributed by atoms with Crippen LogP contribution in [0, 0.1) is 0 Å². The van der Waals surface area contributed by atoms with Gasteiger partial charge in [-0.3, -0.25) is 4.68 Å². The number of carbonyl (C=O) groups is 1. The number of halogens is 1. The molecule has 0 amide bonds. The molecule has 13 heavy (non-hydrogen) atoms. The normalized spacial score (nSPS) is 10.4. The van der Waals surface area contributed by atoms with Gasteiger partial charge in [-0.25, -0.2) is 4.79 Å². The van der Waals surface area contributed by atoms with Crippen LogP contribution in [0.25, 0.3) is 0 Å². The molecular weight excluding hydrogens is 240 g/mol. The topological polar surface area (TPSA) is 64.3 Å². The Kier molecular flexibility index (Phi) is 3.05. The first-order valence-electron chi connectivity index (χ1n) is 3.51. The number of rotatable bonds is 3. The van der Waals surface area contributed by atoms with E-state index < -0.39 is 5.97 Å². The predicted octanol–water partition coefficient (Wildman–Crippen LogP) is 1.03. The zero-order valence-electron chi connectivity index (χ0n) is 7.24. The van der Waals surface area contributed by atoms with E-state index >= 15 is 0 Å². The zero-order chi connectivity index (χ0) is 10.0. The van der Waals surface area contributed by atoms with Gasteiger partial charge < -0.3 is 9.84 Å². The molecule has 5 nitrogen and oxygen atoms in total. The van der Waals surface area contributed by atoms with Gasteiger partial charge >= 0.3 is 5.97 Å². The van der Waals surface area contributed by atoms with Gasteiger partial charge in [0.05, 0.1) is 16.8 Å². The average molecular weight is 249 g/mol. The fraction of sp³-hybridized carbons (Fsp3) is 0.429. The van der Waals surface area contributed by atoms with E-state index in [4.69, 9.17) is 9.84 Å². The molecule has 0 radical (unpaired) electrons. The Morgan fingerprint density at radius 3 is 2.77 bits per heavy atom. The van der Waals surface area contributed by atoms with E-state index in [-0.39, 0.29) is 5.69 Å². The summed E-state index contributed by atoms with van der Waals surface area (Å²) < 4.78 is 6.86. The summed E-state index contributed by atoms with van der Waals surface area (Å²) in [6.07, 6.45) is 0. The van der Waals surface area contributed by atoms with Gasteiger partial charge in [-0.15, -0.1) is 0 Å². The molecule has 1 aromatic heterocycles. The van der Waals surface area contributed by atoms with Crippen molar-refractivity contribution in [1.29, 1.82) is 0 Å². The van der Waals surface area contributed by atoms with Crippen molar-refractivity contribution in [2.24, 2.45) is 7.05 Å². The van der Waals surface area contributed by atoms with Crippen molar-refractivity contribution in [3.05, 3.63) is 15.9 Å². The van der Waals surface area contributed by atoms with Crippen LogP contribution >= 0.6 is 15.9 Å². The van der Waals surface area contributed by atoms with Crippen LogP contribution in [0.2, 0.25) is 0 Å². The number of hydrogen-bond acceptors (Lipinski definition) is 3. The summed E-state index contributed by atoms with van der Waals surface area (Å²) in [5.74, 6) is -1.05. The summed E-state index contributed by atoms with van der Waals surface area (Å²) >= 11 is 3.16. The van der Waals surface area contributed by atoms with Gasteiger partial charge in [-0.2, -0.15) is 5.10 Å². The van der Waals surface area contributed by atoms with Crippen molar-refractivity contribution >= 4 is 21.9 Å². The lowest BCUT2D eigenvalue weighted by Crippen LogP contribution is -2.00. The van der Waals surface area contributed by atoms with E-state index in [1.807, 2.05) is 0 Å². The lowest BCUT2D eigenvalue weighted by atomic mass is 10.3. The number of aromatic nitrogens is 2. The fourth-order valence-electron chi connectivity index (χ4n) is 0.963. The van der Waals surface area contributed by atoms with E-state index in [1.165, 1.54) is 4.68 Å². The van der Waals surface area contributed by atoms with Gasteiger partial charge in [-0.05, 0) is 15.9 Å². The number of hydrogen-bond donors (Lipinski definition) is 1. The lowest BCUT2D eigenvalue weighted by molar-refractivity contribution is 0.0688. The van der Waals surface area contributed by atoms with Crippen molar-refractivity contribution in [3.63, 3.8) is 0 Å². The highest BCUT2D eigenvalue weighted by molar-refractivity contribution is 9.10. The van der Waals surface area contributed by atoms with E-state index in [0.29, 0.717) is 16.8 Å². The maximum absolute atomic E-state index is 10.6. The third-order valence-electron chi connectivity index (χ3n) is 1.59. The number of carboxylic acids is 1. The summed E-state index contributed by atoms with van der Waals surface area (Å²) in [6, 6.07) is 0. The second-order valence-corrected chi connectivity index (χ2v) is 3.26. The highest BCUT2D eigenvalue weighted by atomic mass is 79.9. The minimum Gasteiger partial charge on any atom is -0.476 e. The quantitative estimate of drug-likeness (QED) is 0.868. The molecule has 1 N–H and O–H groups in total. The molecule has 0 aliphatic heterocycles. The van der Waals surface area contributed by atoms with Gasteiger partial charge in [0.1, 0.15) is 0 Å². The number of aryl methyl sites for hydroxylation is 1. The van der Waals surface area contributed by atoms with Crippen LogP contribution in [0.5, 0.6) is 0 Å². The Morgan fingerprint density at radius 1 is 1.77 bits per heavy atom. The fourth-order valence-corrected chi connectivity index (χ4v) is 1.58. The largest absolute Gasteiger partial charge is 0.476 e. The highest BCUT2D eigenvalue weighted by Gasteiger charge is 2.18. The number of methoxy groups -OCH3 is 1. The molecule has 0 aliphatic carbocycles. The molecule has 0 saturated carbocycles.